The van der Waals surface area contributed by atoms with Crippen LogP contribution >= 0.6 is 0 Å². The lowest BCUT2D eigenvalue weighted by molar-refractivity contribution is 0.370. The third-order valence-corrected chi connectivity index (χ3v) is 3.20. The molecule has 1 heterocycles. The normalized spacial score (nSPS) is 23.5. The highest BCUT2D eigenvalue weighted by atomic mass is 16.5. The third kappa shape index (κ3) is 3.22. The Morgan fingerprint density at radius 2 is 1.67 bits per heavy atom. The average Bonchev–Trinajstić information content (AvgIpc) is 2.41. The minimum absolute atomic E-state index is 0.337. The van der Waals surface area contributed by atoms with E-state index in [2.05, 4.69) is 15.3 Å². The molecule has 1 fully saturated rings. The molecule has 0 saturated heterocycles. The fourth-order valence-electron chi connectivity index (χ4n) is 2.12. The molecule has 0 bridgehead atoms. The zero-order valence-electron chi connectivity index (χ0n) is 10.8. The van der Waals surface area contributed by atoms with Gasteiger partial charge in [0, 0.05) is 12.1 Å². The van der Waals surface area contributed by atoms with Crippen LogP contribution in [0.3, 0.4) is 0 Å². The van der Waals surface area contributed by atoms with Crippen molar-refractivity contribution in [2.24, 2.45) is 5.73 Å². The summed E-state index contributed by atoms with van der Waals surface area (Å²) in [6.07, 6.45) is 4.17. The van der Waals surface area contributed by atoms with Gasteiger partial charge < -0.3 is 20.5 Å². The second-order valence-electron chi connectivity index (χ2n) is 4.53. The standard InChI is InChI=1S/C12H20N4O2/c1-17-10-7-11(18-2)16-12(15-10)14-9-5-3-8(13)4-6-9/h7-9H,3-6,13H2,1-2H3,(H,14,15,16). The number of nitrogens with one attached hydrogen (secondary N) is 1. The van der Waals surface area contributed by atoms with Crippen LogP contribution in [-0.4, -0.2) is 36.3 Å². The van der Waals surface area contributed by atoms with Gasteiger partial charge in [0.1, 0.15) is 0 Å². The number of hydrogen-bond acceptors (Lipinski definition) is 6. The molecular formula is C12H20N4O2. The fraction of sp³-hybridized carbons (Fsp3) is 0.667. The molecule has 6 nitrogen and oxygen atoms in total. The molecule has 1 aromatic heterocycles. The minimum Gasteiger partial charge on any atom is -0.481 e. The van der Waals surface area contributed by atoms with Gasteiger partial charge in [0.15, 0.2) is 0 Å². The van der Waals surface area contributed by atoms with Crippen molar-refractivity contribution in [1.29, 1.82) is 0 Å². The van der Waals surface area contributed by atoms with Crippen LogP contribution < -0.4 is 20.5 Å². The van der Waals surface area contributed by atoms with Gasteiger partial charge in [-0.3, -0.25) is 0 Å². The topological polar surface area (TPSA) is 82.3 Å². The van der Waals surface area contributed by atoms with E-state index in [-0.39, 0.29) is 0 Å². The predicted octanol–water partition coefficient (Wildman–Crippen LogP) is 1.18. The molecular weight excluding hydrogens is 232 g/mol. The number of methoxy groups -OCH3 is 2. The Morgan fingerprint density at radius 3 is 2.17 bits per heavy atom. The number of nitrogens with two attached hydrogens (primary N) is 1. The average molecular weight is 252 g/mol. The summed E-state index contributed by atoms with van der Waals surface area (Å²) >= 11 is 0. The zero-order valence-corrected chi connectivity index (χ0v) is 10.8. The van der Waals surface area contributed by atoms with E-state index in [9.17, 15) is 0 Å². The van der Waals surface area contributed by atoms with Gasteiger partial charge >= 0.3 is 0 Å². The van der Waals surface area contributed by atoms with Gasteiger partial charge in [0.05, 0.1) is 20.3 Å². The summed E-state index contributed by atoms with van der Waals surface area (Å²) in [7, 11) is 3.15. The van der Waals surface area contributed by atoms with Crippen molar-refractivity contribution in [2.75, 3.05) is 19.5 Å². The maximum atomic E-state index is 5.88. The summed E-state index contributed by atoms with van der Waals surface area (Å²) in [5.74, 6) is 1.54. The molecule has 6 heteroatoms. The lowest BCUT2D eigenvalue weighted by Crippen LogP contribution is -2.33. The SMILES string of the molecule is COc1cc(OC)nc(NC2CCC(N)CC2)n1. The second kappa shape index (κ2) is 5.86. The van der Waals surface area contributed by atoms with Crippen LogP contribution in [0, 0.1) is 0 Å². The Balaban J connectivity index is 2.03. The molecule has 0 radical (unpaired) electrons. The molecule has 0 aromatic carbocycles. The van der Waals surface area contributed by atoms with Crippen molar-refractivity contribution in [2.45, 2.75) is 37.8 Å². The monoisotopic (exact) mass is 252 g/mol. The van der Waals surface area contributed by atoms with E-state index in [1.165, 1.54) is 0 Å². The maximum Gasteiger partial charge on any atom is 0.229 e. The van der Waals surface area contributed by atoms with E-state index in [1.54, 1.807) is 20.3 Å². The van der Waals surface area contributed by atoms with Gasteiger partial charge in [0.25, 0.3) is 0 Å². The summed E-state index contributed by atoms with van der Waals surface area (Å²) in [6, 6.07) is 2.37. The maximum absolute atomic E-state index is 5.88. The number of rotatable bonds is 4. The first kappa shape index (κ1) is 12.9. The molecule has 100 valence electrons. The third-order valence-electron chi connectivity index (χ3n) is 3.20. The first-order valence-corrected chi connectivity index (χ1v) is 6.20. The highest BCUT2D eigenvalue weighted by Crippen LogP contribution is 2.22. The van der Waals surface area contributed by atoms with Crippen LogP contribution in [-0.2, 0) is 0 Å². The van der Waals surface area contributed by atoms with Crippen molar-refractivity contribution in [1.82, 2.24) is 9.97 Å². The largest absolute Gasteiger partial charge is 0.481 e. The second-order valence-corrected chi connectivity index (χ2v) is 4.53. The van der Waals surface area contributed by atoms with Crippen molar-refractivity contribution in [3.63, 3.8) is 0 Å². The molecule has 0 atom stereocenters. The minimum atomic E-state index is 0.337. The molecule has 2 rings (SSSR count). The van der Waals surface area contributed by atoms with Gasteiger partial charge in [-0.05, 0) is 25.7 Å². The van der Waals surface area contributed by atoms with Gasteiger partial charge in [-0.25, -0.2) is 0 Å². The Hall–Kier alpha value is -1.56. The first-order chi connectivity index (χ1) is 8.71. The van der Waals surface area contributed by atoms with Gasteiger partial charge in [-0.15, -0.1) is 0 Å². The molecule has 0 aliphatic heterocycles. The van der Waals surface area contributed by atoms with E-state index in [0.717, 1.165) is 25.7 Å². The molecule has 1 aliphatic carbocycles. The summed E-state index contributed by atoms with van der Waals surface area (Å²) < 4.78 is 10.2. The zero-order chi connectivity index (χ0) is 13.0. The molecule has 0 spiro atoms. The molecule has 1 aromatic rings. The quantitative estimate of drug-likeness (QED) is 0.837. The first-order valence-electron chi connectivity index (χ1n) is 6.20. The van der Waals surface area contributed by atoms with Crippen LogP contribution in [0.25, 0.3) is 0 Å². The smallest absolute Gasteiger partial charge is 0.229 e. The Labute approximate surface area is 107 Å². The summed E-state index contributed by atoms with van der Waals surface area (Å²) in [6.45, 7) is 0. The highest BCUT2D eigenvalue weighted by Gasteiger charge is 2.19. The van der Waals surface area contributed by atoms with Gasteiger partial charge in [-0.2, -0.15) is 9.97 Å². The van der Waals surface area contributed by atoms with Crippen molar-refractivity contribution in [3.8, 4) is 11.8 Å². The molecule has 1 saturated carbocycles. The van der Waals surface area contributed by atoms with Gasteiger partial charge in [0.2, 0.25) is 17.7 Å². The summed E-state index contributed by atoms with van der Waals surface area (Å²) in [4.78, 5) is 8.51. The molecule has 1 aliphatic rings. The van der Waals surface area contributed by atoms with E-state index in [0.29, 0.717) is 29.8 Å². The molecule has 0 unspecified atom stereocenters. The van der Waals surface area contributed by atoms with Crippen molar-refractivity contribution < 1.29 is 9.47 Å². The molecule has 18 heavy (non-hydrogen) atoms. The van der Waals surface area contributed by atoms with Crippen LogP contribution in [0.1, 0.15) is 25.7 Å². The van der Waals surface area contributed by atoms with Crippen molar-refractivity contribution >= 4 is 5.95 Å². The summed E-state index contributed by atoms with van der Waals surface area (Å²) in [5, 5.41) is 3.31. The Bertz CT molecular complexity index is 369. The molecule has 3 N–H and O–H groups in total. The number of hydrogen-bond donors (Lipinski definition) is 2. The molecule has 0 amide bonds. The van der Waals surface area contributed by atoms with E-state index in [4.69, 9.17) is 15.2 Å². The predicted molar refractivity (Wildman–Crippen MR) is 69.0 cm³/mol. The number of ether oxygens (including phenoxy) is 2. The van der Waals surface area contributed by atoms with Crippen LogP contribution in [0.5, 0.6) is 11.8 Å². The highest BCUT2D eigenvalue weighted by molar-refractivity contribution is 5.34. The van der Waals surface area contributed by atoms with Crippen LogP contribution in [0.15, 0.2) is 6.07 Å². The van der Waals surface area contributed by atoms with E-state index in [1.807, 2.05) is 0 Å². The number of nitrogens with zero attached hydrogens (tertiary/aromatic N) is 2. The van der Waals surface area contributed by atoms with E-state index < -0.39 is 0 Å². The lowest BCUT2D eigenvalue weighted by Gasteiger charge is -2.26. The fourth-order valence-corrected chi connectivity index (χ4v) is 2.12. The summed E-state index contributed by atoms with van der Waals surface area (Å²) in [5.41, 5.74) is 5.88. The number of anilines is 1. The Kier molecular flexibility index (Phi) is 4.19. The van der Waals surface area contributed by atoms with Crippen LogP contribution in [0.2, 0.25) is 0 Å². The van der Waals surface area contributed by atoms with Crippen LogP contribution in [0.4, 0.5) is 5.95 Å². The number of aromatic nitrogens is 2. The lowest BCUT2D eigenvalue weighted by atomic mass is 9.92. The van der Waals surface area contributed by atoms with E-state index >= 15 is 0 Å². The van der Waals surface area contributed by atoms with Crippen molar-refractivity contribution in [3.05, 3.63) is 6.07 Å². The Morgan fingerprint density at radius 1 is 1.11 bits per heavy atom. The van der Waals surface area contributed by atoms with Gasteiger partial charge in [-0.1, -0.05) is 0 Å².